The number of para-hydroxylation sites is 1. The number of rotatable bonds is 5. The molecule has 5 nitrogen and oxygen atoms in total. The van der Waals surface area contributed by atoms with Crippen LogP contribution in [0.2, 0.25) is 0 Å². The zero-order valence-corrected chi connectivity index (χ0v) is 15.0. The highest BCUT2D eigenvalue weighted by atomic mass is 16.5. The van der Waals surface area contributed by atoms with Crippen LogP contribution in [0, 0.1) is 0 Å². The van der Waals surface area contributed by atoms with Crippen molar-refractivity contribution in [3.8, 4) is 5.75 Å². The molecule has 0 unspecified atom stereocenters. The van der Waals surface area contributed by atoms with Crippen LogP contribution < -0.4 is 10.5 Å². The van der Waals surface area contributed by atoms with E-state index < -0.39 is 0 Å². The average Bonchev–Trinajstić information content (AvgIpc) is 3.07. The number of fused-ring (bicyclic) bond motifs is 3. The van der Waals surface area contributed by atoms with E-state index in [4.69, 9.17) is 10.5 Å². The van der Waals surface area contributed by atoms with E-state index in [-0.39, 0.29) is 0 Å². The Morgan fingerprint density at radius 2 is 1.88 bits per heavy atom. The first-order valence-electron chi connectivity index (χ1n) is 8.86. The summed E-state index contributed by atoms with van der Waals surface area (Å²) in [6.07, 6.45) is 1.83. The minimum Gasteiger partial charge on any atom is -0.492 e. The molecule has 2 heterocycles. The van der Waals surface area contributed by atoms with Gasteiger partial charge in [0.15, 0.2) is 5.82 Å². The molecule has 0 amide bonds. The SMILES string of the molecule is CC(C)c1cccc2nc(N)c3ncn(CCOc4ccccc4)c3c12. The van der Waals surface area contributed by atoms with Crippen LogP contribution in [0.15, 0.2) is 54.9 Å². The predicted octanol–water partition coefficient (Wildman–Crippen LogP) is 4.37. The largest absolute Gasteiger partial charge is 0.492 e. The van der Waals surface area contributed by atoms with E-state index in [1.54, 1.807) is 0 Å². The number of hydrogen-bond donors (Lipinski definition) is 1. The summed E-state index contributed by atoms with van der Waals surface area (Å²) in [7, 11) is 0. The minimum atomic E-state index is 0.385. The van der Waals surface area contributed by atoms with Gasteiger partial charge in [0, 0.05) is 5.39 Å². The summed E-state index contributed by atoms with van der Waals surface area (Å²) < 4.78 is 7.97. The third-order valence-corrected chi connectivity index (χ3v) is 4.60. The van der Waals surface area contributed by atoms with E-state index in [9.17, 15) is 0 Å². The van der Waals surface area contributed by atoms with Crippen LogP contribution in [0.5, 0.6) is 5.75 Å². The molecular formula is C21H22N4O. The molecule has 26 heavy (non-hydrogen) atoms. The van der Waals surface area contributed by atoms with Gasteiger partial charge in [-0.15, -0.1) is 0 Å². The number of pyridine rings is 1. The Bertz CT molecular complexity index is 1050. The van der Waals surface area contributed by atoms with Gasteiger partial charge in [-0.05, 0) is 29.7 Å². The second-order valence-electron chi connectivity index (χ2n) is 6.69. The molecule has 2 N–H and O–H groups in total. The van der Waals surface area contributed by atoms with Gasteiger partial charge in [0.25, 0.3) is 0 Å². The zero-order valence-electron chi connectivity index (χ0n) is 15.0. The molecule has 0 radical (unpaired) electrons. The number of nitrogens with two attached hydrogens (primary N) is 1. The Morgan fingerprint density at radius 1 is 1.08 bits per heavy atom. The van der Waals surface area contributed by atoms with Crippen molar-refractivity contribution >= 4 is 27.8 Å². The van der Waals surface area contributed by atoms with Gasteiger partial charge in [-0.25, -0.2) is 9.97 Å². The number of nitrogen functional groups attached to an aromatic ring is 1. The van der Waals surface area contributed by atoms with Gasteiger partial charge in [0.05, 0.1) is 23.9 Å². The summed E-state index contributed by atoms with van der Waals surface area (Å²) in [6, 6.07) is 16.0. The maximum atomic E-state index is 6.16. The van der Waals surface area contributed by atoms with Crippen LogP contribution >= 0.6 is 0 Å². The normalized spacial score (nSPS) is 11.5. The molecule has 0 aliphatic rings. The fourth-order valence-corrected chi connectivity index (χ4v) is 3.35. The smallest absolute Gasteiger partial charge is 0.152 e. The number of anilines is 1. The number of benzene rings is 2. The molecule has 0 saturated heterocycles. The summed E-state index contributed by atoms with van der Waals surface area (Å²) in [5.74, 6) is 1.72. The molecule has 0 aliphatic carbocycles. The molecule has 0 saturated carbocycles. The average molecular weight is 346 g/mol. The summed E-state index contributed by atoms with van der Waals surface area (Å²) in [6.45, 7) is 5.63. The van der Waals surface area contributed by atoms with Gasteiger partial charge in [-0.1, -0.05) is 44.2 Å². The maximum Gasteiger partial charge on any atom is 0.152 e. The Morgan fingerprint density at radius 3 is 2.65 bits per heavy atom. The number of imidazole rings is 1. The van der Waals surface area contributed by atoms with E-state index in [1.165, 1.54) is 5.56 Å². The summed E-state index contributed by atoms with van der Waals surface area (Å²) >= 11 is 0. The molecule has 2 aromatic heterocycles. The highest BCUT2D eigenvalue weighted by Crippen LogP contribution is 2.33. The van der Waals surface area contributed by atoms with Crippen molar-refractivity contribution in [2.75, 3.05) is 12.3 Å². The first-order chi connectivity index (χ1) is 12.6. The van der Waals surface area contributed by atoms with Crippen molar-refractivity contribution < 1.29 is 4.74 Å². The highest BCUT2D eigenvalue weighted by Gasteiger charge is 2.16. The van der Waals surface area contributed by atoms with E-state index >= 15 is 0 Å². The van der Waals surface area contributed by atoms with Crippen LogP contribution in [0.4, 0.5) is 5.82 Å². The molecule has 4 aromatic rings. The van der Waals surface area contributed by atoms with Crippen LogP contribution in [0.3, 0.4) is 0 Å². The lowest BCUT2D eigenvalue weighted by Gasteiger charge is -2.14. The highest BCUT2D eigenvalue weighted by molar-refractivity contribution is 6.08. The lowest BCUT2D eigenvalue weighted by Crippen LogP contribution is -2.08. The van der Waals surface area contributed by atoms with Gasteiger partial charge >= 0.3 is 0 Å². The van der Waals surface area contributed by atoms with Crippen LogP contribution in [-0.2, 0) is 6.54 Å². The quantitative estimate of drug-likeness (QED) is 0.583. The molecule has 132 valence electrons. The number of ether oxygens (including phenoxy) is 1. The van der Waals surface area contributed by atoms with E-state index in [2.05, 4.69) is 34.4 Å². The molecular weight excluding hydrogens is 324 g/mol. The monoisotopic (exact) mass is 346 g/mol. The van der Waals surface area contributed by atoms with Crippen molar-refractivity contribution in [2.24, 2.45) is 0 Å². The van der Waals surface area contributed by atoms with Gasteiger partial charge < -0.3 is 15.0 Å². The topological polar surface area (TPSA) is 66.0 Å². The second kappa shape index (κ2) is 6.67. The Balaban J connectivity index is 1.77. The van der Waals surface area contributed by atoms with Crippen molar-refractivity contribution in [3.63, 3.8) is 0 Å². The molecule has 0 aliphatic heterocycles. The Labute approximate surface area is 152 Å². The number of aromatic nitrogens is 3. The van der Waals surface area contributed by atoms with Crippen LogP contribution in [-0.4, -0.2) is 21.1 Å². The van der Waals surface area contributed by atoms with Gasteiger partial charge in [-0.2, -0.15) is 0 Å². The van der Waals surface area contributed by atoms with Crippen molar-refractivity contribution in [3.05, 3.63) is 60.4 Å². The Kier molecular flexibility index (Phi) is 4.21. The predicted molar refractivity (Wildman–Crippen MR) is 105 cm³/mol. The fraction of sp³-hybridized carbons (Fsp3) is 0.238. The lowest BCUT2D eigenvalue weighted by atomic mass is 9.97. The molecule has 4 rings (SSSR count). The first-order valence-corrected chi connectivity index (χ1v) is 8.86. The van der Waals surface area contributed by atoms with Gasteiger partial charge in [0.1, 0.15) is 17.9 Å². The summed E-state index contributed by atoms with van der Waals surface area (Å²) in [4.78, 5) is 9.07. The van der Waals surface area contributed by atoms with Crippen LogP contribution in [0.1, 0.15) is 25.3 Å². The zero-order chi connectivity index (χ0) is 18.1. The molecule has 0 spiro atoms. The number of hydrogen-bond acceptors (Lipinski definition) is 4. The number of nitrogens with zero attached hydrogens (tertiary/aromatic N) is 3. The van der Waals surface area contributed by atoms with Gasteiger partial charge in [0.2, 0.25) is 0 Å². The van der Waals surface area contributed by atoms with E-state index in [1.807, 2.05) is 48.8 Å². The van der Waals surface area contributed by atoms with Gasteiger partial charge in [-0.3, -0.25) is 0 Å². The first kappa shape index (κ1) is 16.4. The molecule has 0 fully saturated rings. The lowest BCUT2D eigenvalue weighted by molar-refractivity contribution is 0.300. The third kappa shape index (κ3) is 2.86. The minimum absolute atomic E-state index is 0.385. The van der Waals surface area contributed by atoms with Crippen molar-refractivity contribution in [1.29, 1.82) is 0 Å². The van der Waals surface area contributed by atoms with Crippen LogP contribution in [0.25, 0.3) is 21.9 Å². The molecule has 2 aromatic carbocycles. The maximum absolute atomic E-state index is 6.16. The summed E-state index contributed by atoms with van der Waals surface area (Å²) in [5.41, 5.74) is 10.1. The molecule has 0 atom stereocenters. The Hall–Kier alpha value is -3.08. The van der Waals surface area contributed by atoms with Crippen molar-refractivity contribution in [1.82, 2.24) is 14.5 Å². The molecule has 5 heteroatoms. The van der Waals surface area contributed by atoms with E-state index in [0.29, 0.717) is 24.9 Å². The van der Waals surface area contributed by atoms with E-state index in [0.717, 1.165) is 27.7 Å². The fourth-order valence-electron chi connectivity index (χ4n) is 3.35. The molecule has 0 bridgehead atoms. The summed E-state index contributed by atoms with van der Waals surface area (Å²) in [5, 5.41) is 1.13. The second-order valence-corrected chi connectivity index (χ2v) is 6.69. The standard InChI is InChI=1S/C21H22N4O/c1-14(2)16-9-6-10-17-18(16)20-19(21(22)24-17)23-13-25(20)11-12-26-15-7-4-3-5-8-15/h3-10,13-14H,11-12H2,1-2H3,(H2,22,24). The third-order valence-electron chi connectivity index (χ3n) is 4.60. The van der Waals surface area contributed by atoms with Crippen molar-refractivity contribution in [2.45, 2.75) is 26.3 Å².